The van der Waals surface area contributed by atoms with Gasteiger partial charge < -0.3 is 14.7 Å². The second kappa shape index (κ2) is 6.54. The van der Waals surface area contributed by atoms with Gasteiger partial charge in [-0.05, 0) is 36.6 Å². The second-order valence-electron chi connectivity index (χ2n) is 5.62. The van der Waals surface area contributed by atoms with Crippen molar-refractivity contribution in [1.29, 1.82) is 0 Å². The van der Waals surface area contributed by atoms with Gasteiger partial charge in [-0.15, -0.1) is 0 Å². The van der Waals surface area contributed by atoms with E-state index in [1.165, 1.54) is 4.31 Å². The van der Waals surface area contributed by atoms with Crippen LogP contribution in [-0.4, -0.2) is 63.8 Å². The average molecular weight is 326 g/mol. The van der Waals surface area contributed by atoms with E-state index in [1.54, 1.807) is 12.1 Å². The minimum absolute atomic E-state index is 0.176. The van der Waals surface area contributed by atoms with Crippen molar-refractivity contribution in [2.24, 2.45) is 0 Å². The van der Waals surface area contributed by atoms with Crippen LogP contribution in [0.25, 0.3) is 0 Å². The Balaban J connectivity index is 1.82. The molecule has 1 N–H and O–H groups in total. The quantitative estimate of drug-likeness (QED) is 0.851. The summed E-state index contributed by atoms with van der Waals surface area (Å²) in [6.45, 7) is 3.62. The third-order valence-corrected chi connectivity index (χ3v) is 6.13. The summed E-state index contributed by atoms with van der Waals surface area (Å²) in [5, 5.41) is 8.95. The number of hydrogen-bond acceptors (Lipinski definition) is 5. The monoisotopic (exact) mass is 326 g/mol. The molecule has 0 atom stereocenters. The van der Waals surface area contributed by atoms with Gasteiger partial charge in [0.15, 0.2) is 0 Å². The Labute approximate surface area is 131 Å². The van der Waals surface area contributed by atoms with Crippen LogP contribution in [-0.2, 0) is 21.2 Å². The van der Waals surface area contributed by atoms with Crippen LogP contribution in [0, 0.1) is 0 Å². The lowest BCUT2D eigenvalue weighted by Crippen LogP contribution is -2.40. The van der Waals surface area contributed by atoms with E-state index in [4.69, 9.17) is 9.84 Å². The molecule has 0 amide bonds. The van der Waals surface area contributed by atoms with Crippen LogP contribution in [0.15, 0.2) is 23.1 Å². The number of nitrogens with zero attached hydrogens (tertiary/aromatic N) is 2. The molecule has 122 valence electrons. The van der Waals surface area contributed by atoms with Crippen LogP contribution in [0.1, 0.15) is 12.0 Å². The van der Waals surface area contributed by atoms with Gasteiger partial charge in [0, 0.05) is 38.5 Å². The van der Waals surface area contributed by atoms with Gasteiger partial charge in [0.2, 0.25) is 10.0 Å². The summed E-state index contributed by atoms with van der Waals surface area (Å²) in [5.41, 5.74) is 2.17. The Hall–Kier alpha value is -1.15. The van der Waals surface area contributed by atoms with Crippen molar-refractivity contribution in [1.82, 2.24) is 4.31 Å². The van der Waals surface area contributed by atoms with Crippen molar-refractivity contribution < 1.29 is 18.3 Å². The fourth-order valence-corrected chi connectivity index (χ4v) is 4.50. The number of aliphatic hydroxyl groups is 1. The summed E-state index contributed by atoms with van der Waals surface area (Å²) in [5.74, 6) is 0. The van der Waals surface area contributed by atoms with E-state index < -0.39 is 10.0 Å². The van der Waals surface area contributed by atoms with Crippen LogP contribution in [0.4, 0.5) is 5.69 Å². The first kappa shape index (κ1) is 15.7. The summed E-state index contributed by atoms with van der Waals surface area (Å²) in [4.78, 5) is 2.58. The van der Waals surface area contributed by atoms with Gasteiger partial charge in [-0.3, -0.25) is 0 Å². The van der Waals surface area contributed by atoms with E-state index in [0.717, 1.165) is 37.2 Å². The molecular weight excluding hydrogens is 304 g/mol. The van der Waals surface area contributed by atoms with Crippen molar-refractivity contribution >= 4 is 15.7 Å². The first-order valence-electron chi connectivity index (χ1n) is 7.69. The molecule has 0 aromatic heterocycles. The van der Waals surface area contributed by atoms with Gasteiger partial charge in [0.25, 0.3) is 0 Å². The molecule has 0 unspecified atom stereocenters. The first-order valence-corrected chi connectivity index (χ1v) is 9.13. The van der Waals surface area contributed by atoms with Gasteiger partial charge >= 0.3 is 0 Å². The largest absolute Gasteiger partial charge is 0.396 e. The predicted molar refractivity (Wildman–Crippen MR) is 83.6 cm³/mol. The minimum Gasteiger partial charge on any atom is -0.396 e. The maximum Gasteiger partial charge on any atom is 0.243 e. The molecule has 2 heterocycles. The highest BCUT2D eigenvalue weighted by molar-refractivity contribution is 7.89. The number of morpholine rings is 1. The smallest absolute Gasteiger partial charge is 0.243 e. The standard InChI is InChI=1S/C15H22N2O4S/c18-9-1-5-16-6-4-13-12-14(2-3-15(13)16)22(19,20)17-7-10-21-11-8-17/h2-3,12,18H,1,4-11H2. The molecule has 0 radical (unpaired) electrons. The summed E-state index contributed by atoms with van der Waals surface area (Å²) < 4.78 is 32.0. The molecule has 1 saturated heterocycles. The predicted octanol–water partition coefficient (Wildman–Crippen LogP) is 0.452. The van der Waals surface area contributed by atoms with Crippen molar-refractivity contribution in [2.45, 2.75) is 17.7 Å². The second-order valence-corrected chi connectivity index (χ2v) is 7.56. The van der Waals surface area contributed by atoms with Gasteiger partial charge in [-0.2, -0.15) is 4.31 Å². The van der Waals surface area contributed by atoms with Crippen LogP contribution in [0.3, 0.4) is 0 Å². The SMILES string of the molecule is O=S(=O)(c1ccc2c(c1)CCN2CCCO)N1CCOCC1. The first-order chi connectivity index (χ1) is 10.6. The number of ether oxygens (including phenoxy) is 1. The summed E-state index contributed by atoms with van der Waals surface area (Å²) in [6, 6.07) is 5.40. The zero-order chi connectivity index (χ0) is 15.6. The Bertz CT molecular complexity index is 626. The van der Waals surface area contributed by atoms with Crippen LogP contribution in [0.5, 0.6) is 0 Å². The molecule has 0 saturated carbocycles. The summed E-state index contributed by atoms with van der Waals surface area (Å²) in [6.07, 6.45) is 1.58. The molecule has 0 bridgehead atoms. The highest BCUT2D eigenvalue weighted by Gasteiger charge is 2.28. The lowest BCUT2D eigenvalue weighted by atomic mass is 10.2. The Morgan fingerprint density at radius 1 is 1.18 bits per heavy atom. The molecule has 1 fully saturated rings. The highest BCUT2D eigenvalue weighted by Crippen LogP contribution is 2.31. The van der Waals surface area contributed by atoms with E-state index in [9.17, 15) is 8.42 Å². The molecule has 1 aromatic rings. The normalized spacial score (nSPS) is 19.4. The zero-order valence-electron chi connectivity index (χ0n) is 12.6. The Morgan fingerprint density at radius 3 is 2.68 bits per heavy atom. The summed E-state index contributed by atoms with van der Waals surface area (Å²) >= 11 is 0. The highest BCUT2D eigenvalue weighted by atomic mass is 32.2. The number of rotatable bonds is 5. The molecule has 3 rings (SSSR count). The van der Waals surface area contributed by atoms with Crippen LogP contribution >= 0.6 is 0 Å². The van der Waals surface area contributed by atoms with E-state index >= 15 is 0 Å². The Morgan fingerprint density at radius 2 is 1.95 bits per heavy atom. The molecule has 2 aliphatic rings. The zero-order valence-corrected chi connectivity index (χ0v) is 13.4. The van der Waals surface area contributed by atoms with Gasteiger partial charge in [0.05, 0.1) is 18.1 Å². The van der Waals surface area contributed by atoms with Crippen LogP contribution in [0.2, 0.25) is 0 Å². The Kier molecular flexibility index (Phi) is 4.67. The molecule has 1 aromatic carbocycles. The number of hydrogen-bond donors (Lipinski definition) is 1. The minimum atomic E-state index is -3.42. The van der Waals surface area contributed by atoms with Crippen LogP contribution < -0.4 is 4.90 Å². The van der Waals surface area contributed by atoms with Gasteiger partial charge in [0.1, 0.15) is 0 Å². The third kappa shape index (κ3) is 2.99. The molecule has 7 heteroatoms. The lowest BCUT2D eigenvalue weighted by molar-refractivity contribution is 0.0730. The summed E-state index contributed by atoms with van der Waals surface area (Å²) in [7, 11) is -3.42. The van der Waals surface area contributed by atoms with Crippen molar-refractivity contribution in [3.63, 3.8) is 0 Å². The van der Waals surface area contributed by atoms with Gasteiger partial charge in [-0.25, -0.2) is 8.42 Å². The van der Waals surface area contributed by atoms with Crippen molar-refractivity contribution in [3.05, 3.63) is 23.8 Å². The fraction of sp³-hybridized carbons (Fsp3) is 0.600. The molecule has 6 nitrogen and oxygen atoms in total. The fourth-order valence-electron chi connectivity index (χ4n) is 3.04. The number of anilines is 1. The number of fused-ring (bicyclic) bond motifs is 1. The topological polar surface area (TPSA) is 70.1 Å². The van der Waals surface area contributed by atoms with E-state index in [0.29, 0.717) is 31.2 Å². The molecule has 0 spiro atoms. The average Bonchev–Trinajstić information content (AvgIpc) is 2.96. The maximum absolute atomic E-state index is 12.7. The molecule has 0 aliphatic carbocycles. The molecular formula is C15H22N2O4S. The third-order valence-electron chi connectivity index (χ3n) is 4.24. The number of benzene rings is 1. The van der Waals surface area contributed by atoms with Crippen molar-refractivity contribution in [2.75, 3.05) is 50.9 Å². The van der Waals surface area contributed by atoms with Crippen molar-refractivity contribution in [3.8, 4) is 0 Å². The molecule has 22 heavy (non-hydrogen) atoms. The lowest BCUT2D eigenvalue weighted by Gasteiger charge is -2.26. The van der Waals surface area contributed by atoms with E-state index in [-0.39, 0.29) is 6.61 Å². The number of sulfonamides is 1. The van der Waals surface area contributed by atoms with E-state index in [2.05, 4.69) is 4.90 Å². The molecule has 2 aliphatic heterocycles. The number of aliphatic hydroxyl groups excluding tert-OH is 1. The maximum atomic E-state index is 12.7. The van der Waals surface area contributed by atoms with Gasteiger partial charge in [-0.1, -0.05) is 0 Å². The van der Waals surface area contributed by atoms with E-state index in [1.807, 2.05) is 6.07 Å².